The second kappa shape index (κ2) is 8.74. The monoisotopic (exact) mass is 391 g/mol. The van der Waals surface area contributed by atoms with E-state index in [4.69, 9.17) is 0 Å². The summed E-state index contributed by atoms with van der Waals surface area (Å²) in [5, 5.41) is 9.53. The molecular formula is C23H25N3OS. The Balaban J connectivity index is 1.44. The van der Waals surface area contributed by atoms with Gasteiger partial charge in [-0.05, 0) is 55.4 Å². The minimum absolute atomic E-state index is 0.161. The minimum Gasteiger partial charge on any atom is -0.306 e. The molecule has 0 saturated carbocycles. The molecule has 1 heterocycles. The number of Topliss-reactive ketones (excluding diaryl/α,β-unsaturated/α-hetero) is 1. The molecule has 1 aromatic heterocycles. The predicted molar refractivity (Wildman–Crippen MR) is 113 cm³/mol. The maximum atomic E-state index is 12.7. The van der Waals surface area contributed by atoms with Crippen LogP contribution >= 0.6 is 11.8 Å². The highest BCUT2D eigenvalue weighted by Gasteiger charge is 2.16. The number of carbonyl (C=O) groups excluding carboxylic acids is 1. The first kappa shape index (κ1) is 18.9. The Morgan fingerprint density at radius 1 is 1.04 bits per heavy atom. The zero-order valence-electron chi connectivity index (χ0n) is 16.2. The zero-order valence-corrected chi connectivity index (χ0v) is 17.0. The molecule has 1 aliphatic carbocycles. The third kappa shape index (κ3) is 4.20. The molecule has 0 amide bonds. The molecule has 5 heteroatoms. The van der Waals surface area contributed by atoms with E-state index < -0.39 is 0 Å². The van der Waals surface area contributed by atoms with Gasteiger partial charge in [0.25, 0.3) is 0 Å². The highest BCUT2D eigenvalue weighted by Crippen LogP contribution is 2.24. The van der Waals surface area contributed by atoms with Gasteiger partial charge in [0, 0.05) is 18.5 Å². The van der Waals surface area contributed by atoms with Gasteiger partial charge >= 0.3 is 0 Å². The SMILES string of the molecule is CCn1c(Cc2ccccc2)nnc1SCC(=O)c1ccc2c(c1)CCCC2. The van der Waals surface area contributed by atoms with E-state index in [9.17, 15) is 4.79 Å². The fourth-order valence-electron chi connectivity index (χ4n) is 3.77. The minimum atomic E-state index is 0.161. The number of rotatable bonds is 7. The molecule has 4 rings (SSSR count). The summed E-state index contributed by atoms with van der Waals surface area (Å²) >= 11 is 1.48. The summed E-state index contributed by atoms with van der Waals surface area (Å²) < 4.78 is 2.11. The van der Waals surface area contributed by atoms with Crippen LogP contribution in [0.15, 0.2) is 53.7 Å². The molecule has 1 aliphatic rings. The van der Waals surface area contributed by atoms with Gasteiger partial charge in [0.15, 0.2) is 10.9 Å². The number of hydrogen-bond donors (Lipinski definition) is 0. The number of hydrogen-bond acceptors (Lipinski definition) is 4. The number of ketones is 1. The predicted octanol–water partition coefficient (Wildman–Crippen LogP) is 4.74. The second-order valence-electron chi connectivity index (χ2n) is 7.21. The Kier molecular flexibility index (Phi) is 5.91. The Morgan fingerprint density at radius 3 is 2.61 bits per heavy atom. The van der Waals surface area contributed by atoms with Crippen LogP contribution in [-0.2, 0) is 25.8 Å². The average Bonchev–Trinajstić information content (AvgIpc) is 3.13. The summed E-state index contributed by atoms with van der Waals surface area (Å²) in [6.45, 7) is 2.89. The van der Waals surface area contributed by atoms with E-state index in [2.05, 4.69) is 46.0 Å². The van der Waals surface area contributed by atoms with Gasteiger partial charge in [0.05, 0.1) is 5.75 Å². The fraction of sp³-hybridized carbons (Fsp3) is 0.348. The van der Waals surface area contributed by atoms with Crippen LogP contribution in [0.4, 0.5) is 0 Å². The third-order valence-corrected chi connectivity index (χ3v) is 6.28. The molecule has 0 spiro atoms. The van der Waals surface area contributed by atoms with Gasteiger partial charge in [-0.25, -0.2) is 0 Å². The number of thioether (sulfide) groups is 1. The molecule has 0 radical (unpaired) electrons. The number of nitrogens with zero attached hydrogens (tertiary/aromatic N) is 3. The van der Waals surface area contributed by atoms with Gasteiger partial charge in [-0.3, -0.25) is 4.79 Å². The maximum absolute atomic E-state index is 12.7. The zero-order chi connectivity index (χ0) is 19.3. The van der Waals surface area contributed by atoms with Gasteiger partial charge in [-0.1, -0.05) is 54.2 Å². The van der Waals surface area contributed by atoms with Crippen LogP contribution in [0.1, 0.15) is 52.6 Å². The van der Waals surface area contributed by atoms with Crippen molar-refractivity contribution in [2.45, 2.75) is 50.7 Å². The lowest BCUT2D eigenvalue weighted by Crippen LogP contribution is -2.09. The standard InChI is InChI=1S/C23H25N3OS/c1-2-26-22(14-17-8-4-3-5-9-17)24-25-23(26)28-16-21(27)20-13-12-18-10-6-7-11-19(18)15-20/h3-5,8-9,12-13,15H,2,6-7,10-11,14,16H2,1H3. The van der Waals surface area contributed by atoms with Crippen molar-refractivity contribution in [2.75, 3.05) is 5.75 Å². The lowest BCUT2D eigenvalue weighted by Gasteiger charge is -2.16. The quantitative estimate of drug-likeness (QED) is 0.431. The first-order chi connectivity index (χ1) is 13.7. The maximum Gasteiger partial charge on any atom is 0.191 e. The second-order valence-corrected chi connectivity index (χ2v) is 8.15. The van der Waals surface area contributed by atoms with Crippen molar-refractivity contribution in [3.8, 4) is 0 Å². The smallest absolute Gasteiger partial charge is 0.191 e. The molecular weight excluding hydrogens is 366 g/mol. The van der Waals surface area contributed by atoms with Crippen molar-refractivity contribution in [2.24, 2.45) is 0 Å². The summed E-state index contributed by atoms with van der Waals surface area (Å²) in [6.07, 6.45) is 5.47. The topological polar surface area (TPSA) is 47.8 Å². The number of aromatic nitrogens is 3. The van der Waals surface area contributed by atoms with E-state index in [-0.39, 0.29) is 5.78 Å². The first-order valence-corrected chi connectivity index (χ1v) is 11.0. The van der Waals surface area contributed by atoms with Gasteiger partial charge in [-0.15, -0.1) is 10.2 Å². The van der Waals surface area contributed by atoms with E-state index in [0.717, 1.165) is 42.4 Å². The molecule has 0 saturated heterocycles. The molecule has 3 aromatic rings. The van der Waals surface area contributed by atoms with Crippen LogP contribution in [0.2, 0.25) is 0 Å². The van der Waals surface area contributed by atoms with E-state index in [1.807, 2.05) is 24.3 Å². The summed E-state index contributed by atoms with van der Waals surface area (Å²) in [5.74, 6) is 1.49. The van der Waals surface area contributed by atoms with Crippen molar-refractivity contribution in [1.29, 1.82) is 0 Å². The summed E-state index contributed by atoms with van der Waals surface area (Å²) in [6, 6.07) is 16.5. The van der Waals surface area contributed by atoms with Gasteiger partial charge in [-0.2, -0.15) is 0 Å². The fourth-order valence-corrected chi connectivity index (χ4v) is 4.69. The van der Waals surface area contributed by atoms with Crippen molar-refractivity contribution in [3.05, 3.63) is 76.6 Å². The molecule has 2 aromatic carbocycles. The Labute approximate surface area is 170 Å². The summed E-state index contributed by atoms with van der Waals surface area (Å²) in [4.78, 5) is 12.7. The number of fused-ring (bicyclic) bond motifs is 1. The van der Waals surface area contributed by atoms with Crippen LogP contribution in [0.3, 0.4) is 0 Å². The summed E-state index contributed by atoms with van der Waals surface area (Å²) in [5.41, 5.74) is 4.79. The molecule has 0 aliphatic heterocycles. The normalized spacial score (nSPS) is 13.3. The van der Waals surface area contributed by atoms with Crippen LogP contribution < -0.4 is 0 Å². The Morgan fingerprint density at radius 2 is 1.82 bits per heavy atom. The Bertz CT molecular complexity index is 965. The van der Waals surface area contributed by atoms with Gasteiger partial charge in [0.1, 0.15) is 5.82 Å². The van der Waals surface area contributed by atoms with Crippen LogP contribution in [-0.4, -0.2) is 26.3 Å². The van der Waals surface area contributed by atoms with Crippen molar-refractivity contribution < 1.29 is 4.79 Å². The lowest BCUT2D eigenvalue weighted by molar-refractivity contribution is 0.102. The Hall–Kier alpha value is -2.40. The molecule has 144 valence electrons. The van der Waals surface area contributed by atoms with Crippen LogP contribution in [0.5, 0.6) is 0 Å². The van der Waals surface area contributed by atoms with E-state index in [1.54, 1.807) is 0 Å². The number of benzene rings is 2. The lowest BCUT2D eigenvalue weighted by atomic mass is 9.90. The van der Waals surface area contributed by atoms with E-state index in [0.29, 0.717) is 5.75 Å². The molecule has 4 nitrogen and oxygen atoms in total. The van der Waals surface area contributed by atoms with E-state index in [1.165, 1.54) is 41.3 Å². The average molecular weight is 392 g/mol. The third-order valence-electron chi connectivity index (χ3n) is 5.32. The van der Waals surface area contributed by atoms with Crippen molar-refractivity contribution in [1.82, 2.24) is 14.8 Å². The molecule has 28 heavy (non-hydrogen) atoms. The van der Waals surface area contributed by atoms with Crippen molar-refractivity contribution >= 4 is 17.5 Å². The first-order valence-electron chi connectivity index (χ1n) is 9.98. The molecule has 0 fully saturated rings. The number of carbonyl (C=O) groups is 1. The number of aryl methyl sites for hydroxylation is 2. The molecule has 0 unspecified atom stereocenters. The highest BCUT2D eigenvalue weighted by atomic mass is 32.2. The highest BCUT2D eigenvalue weighted by molar-refractivity contribution is 7.99. The van der Waals surface area contributed by atoms with E-state index >= 15 is 0 Å². The molecule has 0 atom stereocenters. The molecule has 0 bridgehead atoms. The largest absolute Gasteiger partial charge is 0.306 e. The van der Waals surface area contributed by atoms with Crippen LogP contribution in [0, 0.1) is 0 Å². The molecule has 0 N–H and O–H groups in total. The summed E-state index contributed by atoms with van der Waals surface area (Å²) in [7, 11) is 0. The van der Waals surface area contributed by atoms with Gasteiger partial charge in [0.2, 0.25) is 0 Å². The van der Waals surface area contributed by atoms with Gasteiger partial charge < -0.3 is 4.57 Å². The van der Waals surface area contributed by atoms with Crippen molar-refractivity contribution in [3.63, 3.8) is 0 Å². The van der Waals surface area contributed by atoms with Crippen LogP contribution in [0.25, 0.3) is 0 Å².